The van der Waals surface area contributed by atoms with Gasteiger partial charge in [-0.3, -0.25) is 47.7 Å². The zero-order valence-electron chi connectivity index (χ0n) is 79.7. The van der Waals surface area contributed by atoms with Crippen LogP contribution in [0.3, 0.4) is 0 Å². The van der Waals surface area contributed by atoms with Crippen molar-refractivity contribution in [2.45, 2.75) is 175 Å². The van der Waals surface area contributed by atoms with Gasteiger partial charge in [-0.25, -0.2) is 17.6 Å². The predicted octanol–water partition coefficient (Wildman–Crippen LogP) is 18.4. The van der Waals surface area contributed by atoms with Crippen LogP contribution in [0, 0.1) is 35.1 Å². The van der Waals surface area contributed by atoms with Gasteiger partial charge in [0.05, 0.1) is 85.8 Å². The third-order valence-electron chi connectivity index (χ3n) is 32.2. The third-order valence-corrected chi connectivity index (χ3v) is 32.2. The second kappa shape index (κ2) is 39.0. The van der Waals surface area contributed by atoms with Gasteiger partial charge in [0.1, 0.15) is 23.3 Å². The third kappa shape index (κ3) is 17.9. The van der Waals surface area contributed by atoms with E-state index >= 15 is 17.6 Å². The summed E-state index contributed by atoms with van der Waals surface area (Å²) < 4.78 is 79.0. The molecule has 138 heavy (non-hydrogen) atoms. The zero-order chi connectivity index (χ0) is 94.6. The van der Waals surface area contributed by atoms with Gasteiger partial charge < -0.3 is 38.9 Å². The van der Waals surface area contributed by atoms with Crippen molar-refractivity contribution < 1.29 is 46.2 Å². The number of carbonyl (C=O) groups is 4. The van der Waals surface area contributed by atoms with Crippen LogP contribution in [0.15, 0.2) is 219 Å². The molecule has 24 rings (SSSR count). The molecule has 2 saturated carbocycles. The lowest BCUT2D eigenvalue weighted by Gasteiger charge is -2.32. The maximum atomic E-state index is 15.2. The lowest BCUT2D eigenvalue weighted by molar-refractivity contribution is -0.123. The van der Waals surface area contributed by atoms with Gasteiger partial charge in [-0.05, 0) is 208 Å². The number of rotatable bonds is 18. The first-order chi connectivity index (χ1) is 67.2. The summed E-state index contributed by atoms with van der Waals surface area (Å²) in [4.78, 5) is 73.0. The number of carbonyl (C=O) groups excluding carboxylic acids is 4. The number of likely N-dealkylation sites (tertiary alicyclic amines) is 4. The fourth-order valence-electron chi connectivity index (χ4n) is 24.9. The highest BCUT2D eigenvalue weighted by atomic mass is 19.1. The molecule has 8 fully saturated rings. The van der Waals surface area contributed by atoms with Crippen molar-refractivity contribution in [3.63, 3.8) is 0 Å². The van der Waals surface area contributed by atoms with Gasteiger partial charge in [0.15, 0.2) is 0 Å². The van der Waals surface area contributed by atoms with Crippen LogP contribution in [-0.2, 0) is 105 Å². The number of hydrogen-bond donors (Lipinski definition) is 0. The summed E-state index contributed by atoms with van der Waals surface area (Å²) in [6.45, 7) is 12.9. The molecule has 4 amide bonds. The molecular formula is C112H124F4N16O6. The maximum Gasteiger partial charge on any atom is 0.239 e. The van der Waals surface area contributed by atoms with E-state index in [1.54, 1.807) is 77.6 Å². The summed E-state index contributed by atoms with van der Waals surface area (Å²) in [6, 6.07) is 54.1. The number of benzene rings is 8. The van der Waals surface area contributed by atoms with Gasteiger partial charge in [-0.1, -0.05) is 160 Å². The summed E-state index contributed by atoms with van der Waals surface area (Å²) in [7, 11) is 7.37. The van der Waals surface area contributed by atoms with Crippen molar-refractivity contribution >= 4 is 46.4 Å². The number of ether oxygens (including phenoxy) is 2. The summed E-state index contributed by atoms with van der Waals surface area (Å²) in [6.07, 6.45) is 35.3. The number of aromatic nitrogens is 8. The minimum Gasteiger partial charge on any atom is -0.380 e. The molecule has 8 aromatic carbocycles. The van der Waals surface area contributed by atoms with Gasteiger partial charge in [-0.15, -0.1) is 0 Å². The molecule has 4 spiro atoms. The molecule has 12 aliphatic rings. The first-order valence-electron chi connectivity index (χ1n) is 50.0. The summed E-state index contributed by atoms with van der Waals surface area (Å²) in [5.74, 6) is 0.752. The molecule has 0 radical (unpaired) electrons. The summed E-state index contributed by atoms with van der Waals surface area (Å²) in [5, 5.41) is 16.7. The van der Waals surface area contributed by atoms with Crippen molar-refractivity contribution in [1.82, 2.24) is 58.7 Å². The summed E-state index contributed by atoms with van der Waals surface area (Å²) in [5.41, 5.74) is 14.7. The van der Waals surface area contributed by atoms with Crippen LogP contribution in [0.2, 0.25) is 0 Å². The van der Waals surface area contributed by atoms with E-state index < -0.39 is 21.7 Å². The minimum atomic E-state index is -0.555. The molecule has 12 aromatic rings. The maximum absolute atomic E-state index is 15.2. The fraction of sp³-hybridized carbons (Fsp3) is 0.429. The first-order valence-corrected chi connectivity index (χ1v) is 50.0. The number of amides is 4. The van der Waals surface area contributed by atoms with Crippen molar-refractivity contribution in [2.75, 3.05) is 111 Å². The van der Waals surface area contributed by atoms with Gasteiger partial charge in [0.2, 0.25) is 23.6 Å². The van der Waals surface area contributed by atoms with Crippen molar-refractivity contribution in [1.29, 1.82) is 0 Å². The van der Waals surface area contributed by atoms with E-state index in [1.165, 1.54) is 76.3 Å². The van der Waals surface area contributed by atoms with E-state index in [-0.39, 0.29) is 73.1 Å². The van der Waals surface area contributed by atoms with Crippen LogP contribution in [-0.4, -0.2) is 186 Å². The second-order valence-corrected chi connectivity index (χ2v) is 41.0. The first kappa shape index (κ1) is 92.3. The normalized spacial score (nSPS) is 23.9. The number of halogens is 4. The lowest BCUT2D eigenvalue weighted by Crippen LogP contribution is -2.45. The highest BCUT2D eigenvalue weighted by Crippen LogP contribution is 2.54. The van der Waals surface area contributed by atoms with Crippen LogP contribution in [0.5, 0.6) is 0 Å². The van der Waals surface area contributed by atoms with Gasteiger partial charge in [-0.2, -0.15) is 20.4 Å². The number of hydrogen-bond acceptors (Lipinski definition) is 14. The summed E-state index contributed by atoms with van der Waals surface area (Å²) >= 11 is 0. The number of aryl methyl sites for hydroxylation is 4. The number of anilines is 4. The predicted molar refractivity (Wildman–Crippen MR) is 527 cm³/mol. The number of para-hydroxylation sites is 4. The van der Waals surface area contributed by atoms with E-state index in [4.69, 9.17) is 9.47 Å². The van der Waals surface area contributed by atoms with E-state index in [9.17, 15) is 19.2 Å². The Morgan fingerprint density at radius 3 is 0.855 bits per heavy atom. The van der Waals surface area contributed by atoms with Crippen molar-refractivity contribution in [3.05, 3.63) is 287 Å². The number of fused-ring (bicyclic) bond motifs is 8. The monoisotopic (exact) mass is 1860 g/mol. The van der Waals surface area contributed by atoms with Crippen LogP contribution >= 0.6 is 0 Å². The van der Waals surface area contributed by atoms with Crippen LogP contribution in [0.25, 0.3) is 44.5 Å². The Kier molecular flexibility index (Phi) is 26.1. The molecule has 716 valence electrons. The van der Waals surface area contributed by atoms with E-state index in [0.29, 0.717) is 47.4 Å². The number of nitrogens with zero attached hydrogens (tertiary/aromatic N) is 16. The van der Waals surface area contributed by atoms with E-state index in [2.05, 4.69) is 64.3 Å². The van der Waals surface area contributed by atoms with Crippen molar-refractivity contribution in [2.24, 2.45) is 40.0 Å². The van der Waals surface area contributed by atoms with Gasteiger partial charge in [0.25, 0.3) is 0 Å². The quantitative estimate of drug-likeness (QED) is 0.0739. The Morgan fingerprint density at radius 2 is 0.594 bits per heavy atom. The molecule has 22 nitrogen and oxygen atoms in total. The Labute approximate surface area is 805 Å². The average molecular weight is 1870 g/mol. The molecule has 14 heterocycles. The van der Waals surface area contributed by atoms with Gasteiger partial charge in [0, 0.05) is 185 Å². The Balaban J connectivity index is 0.000000110. The van der Waals surface area contributed by atoms with Crippen LogP contribution < -0.4 is 19.6 Å². The smallest absolute Gasteiger partial charge is 0.239 e. The van der Waals surface area contributed by atoms with Crippen LogP contribution in [0.4, 0.5) is 40.3 Å². The molecule has 26 heteroatoms. The minimum absolute atomic E-state index is 0.0867. The largest absolute Gasteiger partial charge is 0.380 e. The molecule has 2 aliphatic carbocycles. The Morgan fingerprint density at radius 1 is 0.319 bits per heavy atom. The molecule has 6 saturated heterocycles. The standard InChI is InChI=1S/2C29H33FN4O.2C27H29FN4O2/c2*1-32-18-24(16-31-32)22-11-12-23(26(30)15-22)19-34-27-10-6-5-9-25(27)29(28(34)35)13-14-33(20-29)17-21-7-3-2-4-8-21;2*1-30-15-21(14-29-30)19-8-9-20(24(28)13-19)16-32-25-7-3-2-6-23(25)27(26(32)33)10-11-31(18-27)22-5-4-12-34-17-22/h2*5-6,9-12,15-16,18,21H,2-4,7-8,13-14,17,19-20H2,1H3;2*2-3,6-9,13-15,22H,4-5,10-12,16-18H2,1H3. The molecule has 0 N–H and O–H groups in total. The molecule has 10 aliphatic heterocycles. The van der Waals surface area contributed by atoms with Crippen molar-refractivity contribution in [3.8, 4) is 44.5 Å². The van der Waals surface area contributed by atoms with E-state index in [1.807, 2.05) is 172 Å². The fourth-order valence-corrected chi connectivity index (χ4v) is 24.9. The van der Waals surface area contributed by atoms with Crippen LogP contribution in [0.1, 0.15) is 160 Å². The average Bonchev–Trinajstić information content (AvgIpc) is 1.58. The molecule has 6 atom stereocenters. The van der Waals surface area contributed by atoms with Gasteiger partial charge >= 0.3 is 0 Å². The molecule has 6 unspecified atom stereocenters. The Bertz CT molecular complexity index is 6120. The molecule has 4 aromatic heterocycles. The lowest BCUT2D eigenvalue weighted by atomic mass is 9.81. The highest BCUT2D eigenvalue weighted by molar-refractivity contribution is 6.11. The second-order valence-electron chi connectivity index (χ2n) is 41.0. The zero-order valence-corrected chi connectivity index (χ0v) is 79.7. The SMILES string of the molecule is Cn1cc(-c2ccc(CN3C(=O)C4(CCN(C5CCCOC5)C4)c4ccccc43)c(F)c2)cn1.Cn1cc(-c2ccc(CN3C(=O)C4(CCN(C5CCCOC5)C4)c4ccccc43)c(F)c2)cn1.Cn1cc(-c2ccc(CN3C(=O)C4(CCN(CC5CCCCC5)C4)c4ccccc43)c(F)c2)cn1.Cn1cc(-c2ccc(CN3C(=O)C4(CCN(CC5CCCCC5)C4)c4ccccc43)c(F)c2)cn1. The highest BCUT2D eigenvalue weighted by Gasteiger charge is 2.59. The molecule has 0 bridgehead atoms. The Hall–Kier alpha value is -12.0. The topological polar surface area (TPSA) is 184 Å². The molecular weight excluding hydrogens is 1740 g/mol. The van der Waals surface area contributed by atoms with E-state index in [0.717, 1.165) is 231 Å².